The molecule has 2 atom stereocenters. The largest absolute Gasteiger partial charge is 0.350 e. The second-order valence-electron chi connectivity index (χ2n) is 6.53. The molecule has 1 aliphatic heterocycles. The van der Waals surface area contributed by atoms with Gasteiger partial charge in [-0.05, 0) is 57.0 Å². The highest BCUT2D eigenvalue weighted by atomic mass is 32.2. The van der Waals surface area contributed by atoms with Crippen LogP contribution < -0.4 is 10.6 Å². The average Bonchev–Trinajstić information content (AvgIpc) is 2.59. The van der Waals surface area contributed by atoms with Gasteiger partial charge in [-0.1, -0.05) is 6.92 Å². The highest BCUT2D eigenvalue weighted by Crippen LogP contribution is 2.23. The van der Waals surface area contributed by atoms with E-state index in [0.717, 1.165) is 12.8 Å². The molecular weight excluding hydrogens is 326 g/mol. The molecule has 1 aliphatic rings. The quantitative estimate of drug-likeness (QED) is 0.811. The highest BCUT2D eigenvalue weighted by Gasteiger charge is 2.28. The number of sulfonamides is 1. The van der Waals surface area contributed by atoms with E-state index >= 15 is 0 Å². The van der Waals surface area contributed by atoms with Gasteiger partial charge in [-0.3, -0.25) is 4.79 Å². The van der Waals surface area contributed by atoms with Gasteiger partial charge in [0, 0.05) is 31.2 Å². The molecule has 2 unspecified atom stereocenters. The number of nitrogens with zero attached hydrogens (tertiary/aromatic N) is 1. The SMILES string of the molecule is CNC(C)CNC(=O)c1ccc(S(=O)(=O)N2CCCC(C)C2)cc1. The smallest absolute Gasteiger partial charge is 0.251 e. The van der Waals surface area contributed by atoms with E-state index in [2.05, 4.69) is 17.6 Å². The fraction of sp³-hybridized carbons (Fsp3) is 0.588. The van der Waals surface area contributed by atoms with Crippen molar-refractivity contribution in [2.75, 3.05) is 26.7 Å². The van der Waals surface area contributed by atoms with Gasteiger partial charge < -0.3 is 10.6 Å². The summed E-state index contributed by atoms with van der Waals surface area (Å²) in [6, 6.07) is 6.35. The van der Waals surface area contributed by atoms with Crippen LogP contribution in [0.4, 0.5) is 0 Å². The molecule has 0 aliphatic carbocycles. The van der Waals surface area contributed by atoms with Crippen LogP contribution in [0.15, 0.2) is 29.2 Å². The lowest BCUT2D eigenvalue weighted by molar-refractivity contribution is 0.0950. The number of rotatable bonds is 6. The van der Waals surface area contributed by atoms with Crippen LogP contribution in [0.2, 0.25) is 0 Å². The lowest BCUT2D eigenvalue weighted by Gasteiger charge is -2.30. The van der Waals surface area contributed by atoms with Crippen LogP contribution in [0.25, 0.3) is 0 Å². The van der Waals surface area contributed by atoms with Crippen molar-refractivity contribution >= 4 is 15.9 Å². The zero-order valence-electron chi connectivity index (χ0n) is 14.6. The Morgan fingerprint density at radius 2 is 2.00 bits per heavy atom. The molecule has 24 heavy (non-hydrogen) atoms. The zero-order valence-corrected chi connectivity index (χ0v) is 15.4. The van der Waals surface area contributed by atoms with E-state index in [9.17, 15) is 13.2 Å². The number of hydrogen-bond donors (Lipinski definition) is 2. The molecule has 1 fully saturated rings. The van der Waals surface area contributed by atoms with Gasteiger partial charge in [-0.2, -0.15) is 4.31 Å². The predicted molar refractivity (Wildman–Crippen MR) is 94.5 cm³/mol. The topological polar surface area (TPSA) is 78.5 Å². The van der Waals surface area contributed by atoms with E-state index < -0.39 is 10.0 Å². The summed E-state index contributed by atoms with van der Waals surface area (Å²) in [5, 5.41) is 5.86. The average molecular weight is 353 g/mol. The molecule has 0 spiro atoms. The first kappa shape index (κ1) is 18.9. The van der Waals surface area contributed by atoms with Crippen molar-refractivity contribution in [2.45, 2.75) is 37.6 Å². The Morgan fingerprint density at radius 3 is 2.58 bits per heavy atom. The van der Waals surface area contributed by atoms with Crippen molar-refractivity contribution in [1.82, 2.24) is 14.9 Å². The Labute approximate surface area is 144 Å². The Hall–Kier alpha value is -1.44. The first-order valence-electron chi connectivity index (χ1n) is 8.40. The van der Waals surface area contributed by atoms with Gasteiger partial charge in [0.05, 0.1) is 4.90 Å². The predicted octanol–water partition coefficient (Wildman–Crippen LogP) is 1.44. The Balaban J connectivity index is 2.06. The molecule has 134 valence electrons. The second-order valence-corrected chi connectivity index (χ2v) is 8.47. The molecule has 2 rings (SSSR count). The standard InChI is InChI=1S/C17H27N3O3S/c1-13-5-4-10-20(12-13)24(22,23)16-8-6-15(7-9-16)17(21)19-11-14(2)18-3/h6-9,13-14,18H,4-5,10-12H2,1-3H3,(H,19,21). The highest BCUT2D eigenvalue weighted by molar-refractivity contribution is 7.89. The number of piperidine rings is 1. The monoisotopic (exact) mass is 353 g/mol. The van der Waals surface area contributed by atoms with E-state index in [1.54, 1.807) is 16.4 Å². The molecule has 0 radical (unpaired) electrons. The maximum Gasteiger partial charge on any atom is 0.251 e. The van der Waals surface area contributed by atoms with E-state index in [1.807, 2.05) is 14.0 Å². The summed E-state index contributed by atoms with van der Waals surface area (Å²) in [4.78, 5) is 12.3. The van der Waals surface area contributed by atoms with Gasteiger partial charge in [0.25, 0.3) is 5.91 Å². The van der Waals surface area contributed by atoms with Gasteiger partial charge in [-0.25, -0.2) is 8.42 Å². The van der Waals surface area contributed by atoms with E-state index in [-0.39, 0.29) is 16.8 Å². The minimum absolute atomic E-state index is 0.176. The zero-order chi connectivity index (χ0) is 17.7. The van der Waals surface area contributed by atoms with Crippen LogP contribution in [-0.2, 0) is 10.0 Å². The number of carbonyl (C=O) groups is 1. The first-order chi connectivity index (χ1) is 11.3. The fourth-order valence-corrected chi connectivity index (χ4v) is 4.34. The van der Waals surface area contributed by atoms with E-state index in [4.69, 9.17) is 0 Å². The molecule has 1 amide bonds. The molecule has 1 heterocycles. The number of nitrogens with one attached hydrogen (secondary N) is 2. The van der Waals surface area contributed by atoms with Gasteiger partial charge in [0.2, 0.25) is 10.0 Å². The van der Waals surface area contributed by atoms with Gasteiger partial charge in [0.1, 0.15) is 0 Å². The first-order valence-corrected chi connectivity index (χ1v) is 9.84. The number of amides is 1. The van der Waals surface area contributed by atoms with Crippen LogP contribution in [0.5, 0.6) is 0 Å². The second kappa shape index (κ2) is 8.09. The van der Waals surface area contributed by atoms with Crippen molar-refractivity contribution in [3.05, 3.63) is 29.8 Å². The molecule has 0 bridgehead atoms. The molecule has 2 N–H and O–H groups in total. The number of benzene rings is 1. The van der Waals surface area contributed by atoms with Crippen molar-refractivity contribution in [2.24, 2.45) is 5.92 Å². The van der Waals surface area contributed by atoms with Crippen LogP contribution in [-0.4, -0.2) is 51.4 Å². The van der Waals surface area contributed by atoms with Gasteiger partial charge in [0.15, 0.2) is 0 Å². The lowest BCUT2D eigenvalue weighted by atomic mass is 10.0. The Kier molecular flexibility index (Phi) is 6.37. The molecule has 6 nitrogen and oxygen atoms in total. The Bertz CT molecular complexity index is 658. The van der Waals surface area contributed by atoms with Gasteiger partial charge in [-0.15, -0.1) is 0 Å². The molecule has 0 saturated carbocycles. The van der Waals surface area contributed by atoms with Crippen molar-refractivity contribution < 1.29 is 13.2 Å². The summed E-state index contributed by atoms with van der Waals surface area (Å²) in [6.07, 6.45) is 1.96. The maximum absolute atomic E-state index is 12.7. The summed E-state index contributed by atoms with van der Waals surface area (Å²) in [7, 11) is -1.64. The third kappa shape index (κ3) is 4.55. The van der Waals surface area contributed by atoms with E-state index in [0.29, 0.717) is 31.1 Å². The summed E-state index contributed by atoms with van der Waals surface area (Å²) >= 11 is 0. The Morgan fingerprint density at radius 1 is 1.33 bits per heavy atom. The third-order valence-electron chi connectivity index (χ3n) is 4.44. The van der Waals surface area contributed by atoms with Crippen molar-refractivity contribution in [3.8, 4) is 0 Å². The van der Waals surface area contributed by atoms with Crippen LogP contribution in [0.3, 0.4) is 0 Å². The maximum atomic E-state index is 12.7. The molecular formula is C17H27N3O3S. The minimum Gasteiger partial charge on any atom is -0.350 e. The van der Waals surface area contributed by atoms with Crippen LogP contribution in [0.1, 0.15) is 37.0 Å². The van der Waals surface area contributed by atoms with Crippen LogP contribution >= 0.6 is 0 Å². The van der Waals surface area contributed by atoms with Crippen molar-refractivity contribution in [1.29, 1.82) is 0 Å². The molecule has 0 aromatic heterocycles. The number of hydrogen-bond acceptors (Lipinski definition) is 4. The van der Waals surface area contributed by atoms with Crippen LogP contribution in [0, 0.1) is 5.92 Å². The summed E-state index contributed by atoms with van der Waals surface area (Å²) in [6.45, 7) is 5.68. The summed E-state index contributed by atoms with van der Waals surface area (Å²) < 4.78 is 26.9. The summed E-state index contributed by atoms with van der Waals surface area (Å²) in [5.74, 6) is 0.181. The van der Waals surface area contributed by atoms with Gasteiger partial charge >= 0.3 is 0 Å². The minimum atomic E-state index is -3.48. The lowest BCUT2D eigenvalue weighted by Crippen LogP contribution is -2.39. The number of likely N-dealkylation sites (N-methyl/N-ethyl adjacent to an activating group) is 1. The molecule has 1 aromatic rings. The molecule has 7 heteroatoms. The number of carbonyl (C=O) groups excluding carboxylic acids is 1. The normalized spacial score (nSPS) is 20.5. The molecule has 1 aromatic carbocycles. The van der Waals surface area contributed by atoms with Crippen molar-refractivity contribution in [3.63, 3.8) is 0 Å². The summed E-state index contributed by atoms with van der Waals surface area (Å²) in [5.41, 5.74) is 0.462. The third-order valence-corrected chi connectivity index (χ3v) is 6.31. The molecule has 1 saturated heterocycles. The fourth-order valence-electron chi connectivity index (χ4n) is 2.74. The van der Waals surface area contributed by atoms with E-state index in [1.165, 1.54) is 12.1 Å².